The molecule has 2 aromatic rings. The van der Waals surface area contributed by atoms with E-state index in [1.54, 1.807) is 12.1 Å². The molecular weight excluding hydrogens is 257 g/mol. The normalized spacial score (nSPS) is 10.4. The summed E-state index contributed by atoms with van der Waals surface area (Å²) in [6, 6.07) is 8.39. The lowest BCUT2D eigenvalue weighted by Crippen LogP contribution is -2.01. The highest BCUT2D eigenvalue weighted by atomic mass is 35.5. The number of aromatic nitrogens is 1. The monoisotopic (exact) mass is 267 g/mol. The molecule has 3 nitrogen and oxygen atoms in total. The molecule has 18 heavy (non-hydrogen) atoms. The van der Waals surface area contributed by atoms with Gasteiger partial charge in [0.15, 0.2) is 0 Å². The van der Waals surface area contributed by atoms with E-state index >= 15 is 0 Å². The third-order valence-corrected chi connectivity index (χ3v) is 2.56. The second kappa shape index (κ2) is 5.80. The highest BCUT2D eigenvalue weighted by Gasteiger charge is 2.06. The van der Waals surface area contributed by atoms with Crippen molar-refractivity contribution < 1.29 is 14.2 Å². The van der Waals surface area contributed by atoms with Crippen LogP contribution in [0.15, 0.2) is 36.5 Å². The van der Waals surface area contributed by atoms with Crippen molar-refractivity contribution in [3.05, 3.63) is 58.5 Å². The van der Waals surface area contributed by atoms with Crippen LogP contribution in [-0.4, -0.2) is 10.1 Å². The van der Waals surface area contributed by atoms with E-state index in [4.69, 9.17) is 21.4 Å². The van der Waals surface area contributed by atoms with E-state index in [-0.39, 0.29) is 19.1 Å². The fourth-order valence-corrected chi connectivity index (χ4v) is 1.70. The fraction of sp³-hybridized carbons (Fsp3) is 0.154. The van der Waals surface area contributed by atoms with Gasteiger partial charge in [-0.05, 0) is 23.8 Å². The maximum Gasteiger partial charge on any atom is 0.219 e. The van der Waals surface area contributed by atoms with E-state index in [2.05, 4.69) is 4.98 Å². The summed E-state index contributed by atoms with van der Waals surface area (Å²) in [6.45, 7) is -0.0676. The Morgan fingerprint density at radius 2 is 2.17 bits per heavy atom. The summed E-state index contributed by atoms with van der Waals surface area (Å²) < 4.78 is 18.3. The first-order valence-electron chi connectivity index (χ1n) is 5.31. The second-order valence-corrected chi connectivity index (χ2v) is 4.13. The minimum atomic E-state index is -0.505. The topological polar surface area (TPSA) is 42.4 Å². The zero-order chi connectivity index (χ0) is 13.0. The van der Waals surface area contributed by atoms with Crippen LogP contribution in [0.1, 0.15) is 11.1 Å². The average molecular weight is 268 g/mol. The van der Waals surface area contributed by atoms with Gasteiger partial charge in [-0.3, -0.25) is 0 Å². The molecule has 94 valence electrons. The molecule has 2 rings (SSSR count). The fourth-order valence-electron chi connectivity index (χ4n) is 1.49. The van der Waals surface area contributed by atoms with E-state index in [1.165, 1.54) is 6.07 Å². The third-order valence-electron chi connectivity index (χ3n) is 2.33. The summed E-state index contributed by atoms with van der Waals surface area (Å²) in [5.74, 6) is -0.284. The molecule has 0 bridgehead atoms. The molecule has 0 amide bonds. The minimum Gasteiger partial charge on any atom is -0.473 e. The lowest BCUT2D eigenvalue weighted by atomic mass is 10.2. The predicted octanol–water partition coefficient (Wildman–Crippen LogP) is 2.95. The summed E-state index contributed by atoms with van der Waals surface area (Å²) >= 11 is 5.85. The molecule has 0 fully saturated rings. The number of aliphatic hydroxyl groups excluding tert-OH is 1. The van der Waals surface area contributed by atoms with Crippen LogP contribution >= 0.6 is 11.6 Å². The first-order valence-corrected chi connectivity index (χ1v) is 5.69. The Bertz CT molecular complexity index is 548. The molecule has 1 N–H and O–H groups in total. The van der Waals surface area contributed by atoms with Crippen LogP contribution in [-0.2, 0) is 13.2 Å². The number of hydrogen-bond donors (Lipinski definition) is 1. The van der Waals surface area contributed by atoms with Crippen LogP contribution in [0, 0.1) is 5.82 Å². The van der Waals surface area contributed by atoms with Gasteiger partial charge in [0.1, 0.15) is 12.4 Å². The molecule has 1 aromatic heterocycles. The van der Waals surface area contributed by atoms with Crippen LogP contribution in [0.2, 0.25) is 5.02 Å². The van der Waals surface area contributed by atoms with E-state index < -0.39 is 5.82 Å². The number of pyridine rings is 1. The Kier molecular flexibility index (Phi) is 4.12. The third kappa shape index (κ3) is 3.18. The number of nitrogens with zero attached hydrogens (tertiary/aromatic N) is 1. The van der Waals surface area contributed by atoms with Crippen molar-refractivity contribution in [1.29, 1.82) is 0 Å². The number of hydrogen-bond acceptors (Lipinski definition) is 3. The van der Waals surface area contributed by atoms with Crippen molar-refractivity contribution in [2.24, 2.45) is 0 Å². The van der Waals surface area contributed by atoms with Crippen molar-refractivity contribution in [3.8, 4) is 5.88 Å². The van der Waals surface area contributed by atoms with Crippen LogP contribution in [0.25, 0.3) is 0 Å². The number of benzene rings is 1. The summed E-state index contributed by atoms with van der Waals surface area (Å²) in [4.78, 5) is 3.80. The van der Waals surface area contributed by atoms with Gasteiger partial charge in [0.05, 0.1) is 12.8 Å². The largest absolute Gasteiger partial charge is 0.473 e. The molecule has 1 aromatic carbocycles. The molecule has 0 radical (unpaired) electrons. The molecule has 0 saturated carbocycles. The van der Waals surface area contributed by atoms with Crippen molar-refractivity contribution in [1.82, 2.24) is 4.98 Å². The molecule has 0 unspecified atom stereocenters. The number of aliphatic hydroxyl groups is 1. The molecule has 0 aliphatic carbocycles. The van der Waals surface area contributed by atoms with Gasteiger partial charge in [0.2, 0.25) is 5.88 Å². The number of halogens is 2. The van der Waals surface area contributed by atoms with Gasteiger partial charge in [-0.2, -0.15) is 0 Å². The molecule has 0 aliphatic rings. The average Bonchev–Trinajstić information content (AvgIpc) is 2.37. The Labute approximate surface area is 109 Å². The molecule has 5 heteroatoms. The van der Waals surface area contributed by atoms with Crippen LogP contribution in [0.5, 0.6) is 5.88 Å². The van der Waals surface area contributed by atoms with E-state index in [1.807, 2.05) is 12.1 Å². The second-order valence-electron chi connectivity index (χ2n) is 3.69. The summed E-state index contributed by atoms with van der Waals surface area (Å²) in [6.07, 6.45) is 1.05. The summed E-state index contributed by atoms with van der Waals surface area (Å²) in [5.41, 5.74) is 1.19. The van der Waals surface area contributed by atoms with Gasteiger partial charge in [-0.15, -0.1) is 0 Å². The van der Waals surface area contributed by atoms with E-state index in [9.17, 15) is 4.39 Å². The van der Waals surface area contributed by atoms with Crippen LogP contribution in [0.3, 0.4) is 0 Å². The predicted molar refractivity (Wildman–Crippen MR) is 65.9 cm³/mol. The van der Waals surface area contributed by atoms with Gasteiger partial charge in [-0.1, -0.05) is 23.7 Å². The molecular formula is C13H11ClFNO2. The Morgan fingerprint density at radius 3 is 2.89 bits per heavy atom. The number of ether oxygens (including phenoxy) is 1. The Balaban J connectivity index is 2.10. The van der Waals surface area contributed by atoms with Gasteiger partial charge in [0.25, 0.3) is 0 Å². The number of rotatable bonds is 4. The maximum absolute atomic E-state index is 12.9. The SMILES string of the molecule is OCc1cc(F)cnc1OCc1cccc(Cl)c1. The zero-order valence-electron chi connectivity index (χ0n) is 9.44. The quantitative estimate of drug-likeness (QED) is 0.926. The Hall–Kier alpha value is -1.65. The van der Waals surface area contributed by atoms with Gasteiger partial charge < -0.3 is 9.84 Å². The molecule has 1 heterocycles. The van der Waals surface area contributed by atoms with Gasteiger partial charge in [-0.25, -0.2) is 9.37 Å². The standard InChI is InChI=1S/C13H11ClFNO2/c14-11-3-1-2-9(4-11)8-18-13-10(7-17)5-12(15)6-16-13/h1-6,17H,7-8H2. The van der Waals surface area contributed by atoms with Crippen molar-refractivity contribution in [3.63, 3.8) is 0 Å². The highest BCUT2D eigenvalue weighted by molar-refractivity contribution is 6.30. The molecule has 0 atom stereocenters. The van der Waals surface area contributed by atoms with E-state index in [0.29, 0.717) is 10.6 Å². The van der Waals surface area contributed by atoms with Crippen LogP contribution in [0.4, 0.5) is 4.39 Å². The highest BCUT2D eigenvalue weighted by Crippen LogP contribution is 2.18. The lowest BCUT2D eigenvalue weighted by molar-refractivity contribution is 0.251. The molecule has 0 saturated heterocycles. The van der Waals surface area contributed by atoms with Crippen molar-refractivity contribution in [2.45, 2.75) is 13.2 Å². The van der Waals surface area contributed by atoms with Gasteiger partial charge in [0, 0.05) is 10.6 Å². The smallest absolute Gasteiger partial charge is 0.219 e. The molecule has 0 aliphatic heterocycles. The van der Waals surface area contributed by atoms with Crippen molar-refractivity contribution >= 4 is 11.6 Å². The summed E-state index contributed by atoms with van der Waals surface area (Å²) in [5, 5.41) is 9.69. The van der Waals surface area contributed by atoms with E-state index in [0.717, 1.165) is 11.8 Å². The maximum atomic E-state index is 12.9. The molecule has 0 spiro atoms. The van der Waals surface area contributed by atoms with Gasteiger partial charge >= 0.3 is 0 Å². The van der Waals surface area contributed by atoms with Crippen molar-refractivity contribution in [2.75, 3.05) is 0 Å². The first kappa shape index (κ1) is 12.8. The Morgan fingerprint density at radius 1 is 1.33 bits per heavy atom. The van der Waals surface area contributed by atoms with Crippen LogP contribution < -0.4 is 4.74 Å². The minimum absolute atomic E-state index is 0.221. The first-order chi connectivity index (χ1) is 8.69. The summed E-state index contributed by atoms with van der Waals surface area (Å²) in [7, 11) is 0. The lowest BCUT2D eigenvalue weighted by Gasteiger charge is -2.09. The zero-order valence-corrected chi connectivity index (χ0v) is 10.2.